The van der Waals surface area contributed by atoms with Gasteiger partial charge in [-0.25, -0.2) is 8.42 Å². The zero-order chi connectivity index (χ0) is 9.99. The van der Waals surface area contributed by atoms with Crippen molar-refractivity contribution >= 4 is 28.2 Å². The molecule has 80 valence electrons. The molecule has 0 amide bonds. The second kappa shape index (κ2) is 4.78. The minimum Gasteiger partial charge on any atom is -0.468 e. The SMILES string of the molecule is COC(=O)C(C)(CN)S(C)(=O)=O.Cl. The Morgan fingerprint density at radius 1 is 1.54 bits per heavy atom. The first-order chi connectivity index (χ1) is 5.29. The molecule has 0 aromatic carbocycles. The number of carbonyl (C=O) groups is 1. The summed E-state index contributed by atoms with van der Waals surface area (Å²) in [6.45, 7) is 0.965. The summed E-state index contributed by atoms with van der Waals surface area (Å²) in [7, 11) is -2.40. The monoisotopic (exact) mass is 231 g/mol. The van der Waals surface area contributed by atoms with Crippen LogP contribution in [-0.4, -0.2) is 39.0 Å². The van der Waals surface area contributed by atoms with Crippen molar-refractivity contribution in [3.63, 3.8) is 0 Å². The van der Waals surface area contributed by atoms with Crippen molar-refractivity contribution in [2.24, 2.45) is 5.73 Å². The summed E-state index contributed by atoms with van der Waals surface area (Å²) in [4.78, 5) is 11.0. The molecule has 5 nitrogen and oxygen atoms in total. The zero-order valence-electron chi connectivity index (χ0n) is 7.73. The molecule has 1 unspecified atom stereocenters. The number of hydrogen-bond acceptors (Lipinski definition) is 5. The van der Waals surface area contributed by atoms with Gasteiger partial charge in [-0.15, -0.1) is 12.4 Å². The van der Waals surface area contributed by atoms with E-state index in [1.807, 2.05) is 0 Å². The Hall–Kier alpha value is -0.330. The average Bonchev–Trinajstić information content (AvgIpc) is 1.99. The Balaban J connectivity index is 0. The molecule has 2 N–H and O–H groups in total. The largest absolute Gasteiger partial charge is 0.468 e. The molecule has 0 aliphatic rings. The molecule has 7 heteroatoms. The standard InChI is InChI=1S/C6H13NO4S.ClH/c1-6(4-7,5(8)11-2)12(3,9)10;/h4,7H2,1-3H3;1H. The van der Waals surface area contributed by atoms with Crippen LogP contribution in [0.5, 0.6) is 0 Å². The lowest BCUT2D eigenvalue weighted by atomic mass is 10.2. The van der Waals surface area contributed by atoms with Crippen molar-refractivity contribution in [3.05, 3.63) is 0 Å². The maximum Gasteiger partial charge on any atom is 0.328 e. The minimum atomic E-state index is -3.53. The van der Waals surface area contributed by atoms with Gasteiger partial charge in [-0.3, -0.25) is 4.79 Å². The first-order valence-electron chi connectivity index (χ1n) is 3.27. The number of hydrogen-bond donors (Lipinski definition) is 1. The molecule has 0 spiro atoms. The Bertz CT molecular complexity index is 276. The first-order valence-corrected chi connectivity index (χ1v) is 5.17. The fourth-order valence-electron chi connectivity index (χ4n) is 0.602. The second-order valence-corrected chi connectivity index (χ2v) is 5.14. The van der Waals surface area contributed by atoms with Crippen LogP contribution in [0.1, 0.15) is 6.92 Å². The smallest absolute Gasteiger partial charge is 0.328 e. The highest BCUT2D eigenvalue weighted by atomic mass is 35.5. The molecule has 13 heavy (non-hydrogen) atoms. The fraction of sp³-hybridized carbons (Fsp3) is 0.833. The normalized spacial score (nSPS) is 15.4. The molecule has 0 aliphatic heterocycles. The topological polar surface area (TPSA) is 86.5 Å². The molecule has 1 atom stereocenters. The predicted molar refractivity (Wildman–Crippen MR) is 51.6 cm³/mol. The zero-order valence-corrected chi connectivity index (χ0v) is 9.37. The number of methoxy groups -OCH3 is 1. The Morgan fingerprint density at radius 2 is 1.92 bits per heavy atom. The van der Waals surface area contributed by atoms with Crippen LogP contribution in [0.3, 0.4) is 0 Å². The van der Waals surface area contributed by atoms with Gasteiger partial charge < -0.3 is 10.5 Å². The number of halogens is 1. The molecule has 0 rings (SSSR count). The van der Waals surface area contributed by atoms with E-state index in [0.29, 0.717) is 0 Å². The van der Waals surface area contributed by atoms with E-state index in [0.717, 1.165) is 13.4 Å². The van der Waals surface area contributed by atoms with Gasteiger partial charge in [0.1, 0.15) is 0 Å². The highest BCUT2D eigenvalue weighted by Gasteiger charge is 2.43. The molecule has 0 aromatic rings. The Labute approximate surface area is 84.0 Å². The van der Waals surface area contributed by atoms with Crippen LogP contribution in [0.2, 0.25) is 0 Å². The number of carbonyl (C=O) groups excluding carboxylic acids is 1. The van der Waals surface area contributed by atoms with Gasteiger partial charge in [0, 0.05) is 12.8 Å². The van der Waals surface area contributed by atoms with E-state index < -0.39 is 20.6 Å². The Morgan fingerprint density at radius 3 is 2.00 bits per heavy atom. The highest BCUT2D eigenvalue weighted by Crippen LogP contribution is 2.15. The van der Waals surface area contributed by atoms with E-state index in [1.165, 1.54) is 6.92 Å². The van der Waals surface area contributed by atoms with Crippen LogP contribution in [0.15, 0.2) is 0 Å². The summed E-state index contributed by atoms with van der Waals surface area (Å²) in [5.74, 6) is -0.826. The van der Waals surface area contributed by atoms with E-state index in [9.17, 15) is 13.2 Å². The van der Waals surface area contributed by atoms with Gasteiger partial charge in [0.05, 0.1) is 7.11 Å². The number of nitrogens with two attached hydrogens (primary N) is 1. The van der Waals surface area contributed by atoms with Gasteiger partial charge in [-0.05, 0) is 6.92 Å². The van der Waals surface area contributed by atoms with E-state index >= 15 is 0 Å². The van der Waals surface area contributed by atoms with Gasteiger partial charge in [0.15, 0.2) is 14.6 Å². The predicted octanol–water partition coefficient (Wildman–Crippen LogP) is -0.657. The van der Waals surface area contributed by atoms with Crippen LogP contribution in [0.4, 0.5) is 0 Å². The van der Waals surface area contributed by atoms with Crippen molar-refractivity contribution in [1.82, 2.24) is 0 Å². The van der Waals surface area contributed by atoms with Crippen LogP contribution in [0.25, 0.3) is 0 Å². The van der Waals surface area contributed by atoms with Crippen molar-refractivity contribution < 1.29 is 17.9 Å². The summed E-state index contributed by atoms with van der Waals surface area (Å²) in [5.41, 5.74) is 5.19. The third kappa shape index (κ3) is 2.82. The Kier molecular flexibility index (Phi) is 5.57. The van der Waals surface area contributed by atoms with E-state index in [4.69, 9.17) is 5.73 Å². The van der Waals surface area contributed by atoms with Gasteiger partial charge in [0.2, 0.25) is 0 Å². The molecule has 0 saturated carbocycles. The third-order valence-corrected chi connectivity index (χ3v) is 3.80. The second-order valence-electron chi connectivity index (χ2n) is 2.70. The van der Waals surface area contributed by atoms with Gasteiger partial charge >= 0.3 is 5.97 Å². The van der Waals surface area contributed by atoms with Crippen LogP contribution in [0, 0.1) is 0 Å². The van der Waals surface area contributed by atoms with Crippen molar-refractivity contribution in [1.29, 1.82) is 0 Å². The van der Waals surface area contributed by atoms with Crippen LogP contribution < -0.4 is 5.73 Å². The van der Waals surface area contributed by atoms with Gasteiger partial charge in [0.25, 0.3) is 0 Å². The number of esters is 1. The molecule has 0 fully saturated rings. The fourth-order valence-corrected chi connectivity index (χ4v) is 1.29. The van der Waals surface area contributed by atoms with Crippen LogP contribution >= 0.6 is 12.4 Å². The summed E-state index contributed by atoms with van der Waals surface area (Å²) in [5, 5.41) is 0. The molecule has 0 bridgehead atoms. The highest BCUT2D eigenvalue weighted by molar-refractivity contribution is 7.92. The number of sulfone groups is 1. The van der Waals surface area contributed by atoms with Crippen molar-refractivity contribution in [3.8, 4) is 0 Å². The third-order valence-electron chi connectivity index (χ3n) is 1.83. The molecule has 0 radical (unpaired) electrons. The lowest BCUT2D eigenvalue weighted by molar-refractivity contribution is -0.142. The molecule has 0 saturated heterocycles. The molecule has 0 heterocycles. The van der Waals surface area contributed by atoms with E-state index in [2.05, 4.69) is 4.74 Å². The summed E-state index contributed by atoms with van der Waals surface area (Å²) >= 11 is 0. The summed E-state index contributed by atoms with van der Waals surface area (Å²) in [6, 6.07) is 0. The average molecular weight is 232 g/mol. The number of ether oxygens (including phenoxy) is 1. The number of rotatable bonds is 3. The quantitative estimate of drug-likeness (QED) is 0.652. The molecule has 0 aromatic heterocycles. The lowest BCUT2D eigenvalue weighted by Gasteiger charge is -2.22. The van der Waals surface area contributed by atoms with Gasteiger partial charge in [-0.2, -0.15) is 0 Å². The molecular formula is C6H14ClNO4S. The molecular weight excluding hydrogens is 218 g/mol. The van der Waals surface area contributed by atoms with E-state index in [1.54, 1.807) is 0 Å². The summed E-state index contributed by atoms with van der Waals surface area (Å²) in [6.07, 6.45) is 0.955. The van der Waals surface area contributed by atoms with E-state index in [-0.39, 0.29) is 19.0 Å². The maximum absolute atomic E-state index is 11.1. The first kappa shape index (κ1) is 15.2. The van der Waals surface area contributed by atoms with Crippen LogP contribution in [-0.2, 0) is 19.4 Å². The van der Waals surface area contributed by atoms with Gasteiger partial charge in [-0.1, -0.05) is 0 Å². The van der Waals surface area contributed by atoms with Crippen molar-refractivity contribution in [2.45, 2.75) is 11.7 Å². The minimum absolute atomic E-state index is 0. The lowest BCUT2D eigenvalue weighted by Crippen LogP contribution is -2.49. The maximum atomic E-state index is 11.1. The molecule has 0 aliphatic carbocycles. The summed E-state index contributed by atoms with van der Waals surface area (Å²) < 4.78 is 24.9. The van der Waals surface area contributed by atoms with Crippen molar-refractivity contribution in [2.75, 3.05) is 19.9 Å².